The average Bonchev–Trinajstić information content (AvgIpc) is 2.86. The van der Waals surface area contributed by atoms with E-state index in [4.69, 9.17) is 0 Å². The molecule has 5 nitrogen and oxygen atoms in total. The van der Waals surface area contributed by atoms with E-state index in [1.165, 1.54) is 18.2 Å². The Bertz CT molecular complexity index is 738. The minimum atomic E-state index is -3.66. The molecule has 1 atom stereocenters. The van der Waals surface area contributed by atoms with Crippen molar-refractivity contribution in [3.63, 3.8) is 0 Å². The molecule has 126 valence electrons. The average molecular weight is 335 g/mol. The summed E-state index contributed by atoms with van der Waals surface area (Å²) in [5.74, 6) is -0.384. The molecule has 7 heteroatoms. The summed E-state index contributed by atoms with van der Waals surface area (Å²) in [4.78, 5) is 12.0. The number of benzene rings is 2. The number of nitrogens with two attached hydrogens (primary N) is 1. The van der Waals surface area contributed by atoms with Crippen LogP contribution in [0.25, 0.3) is 0 Å². The van der Waals surface area contributed by atoms with Gasteiger partial charge in [0.05, 0.1) is 0 Å². The van der Waals surface area contributed by atoms with Crippen LogP contribution in [-0.4, -0.2) is 18.7 Å². The Morgan fingerprint density at radius 3 is 2.62 bits per heavy atom. The van der Waals surface area contributed by atoms with Crippen LogP contribution in [0.15, 0.2) is 48.5 Å². The standard InChI is InChI=1S/C17H16F2N2O3/c1-11(12-5-3-2-4-6-12)20-10-16(22)21-13-7-8-14-15(9-13)24-17(18,19)23-14/h2-9,11,20H,10H2,1H3,(H,21,22)/p+1/t11-/m1/s1. The topological polar surface area (TPSA) is 64.2 Å². The highest BCUT2D eigenvalue weighted by Gasteiger charge is 2.43. The molecule has 0 spiro atoms. The molecule has 0 bridgehead atoms. The van der Waals surface area contributed by atoms with Gasteiger partial charge < -0.3 is 20.1 Å². The lowest BCUT2D eigenvalue weighted by molar-refractivity contribution is -0.682. The van der Waals surface area contributed by atoms with Gasteiger partial charge in [-0.2, -0.15) is 0 Å². The molecule has 0 aromatic heterocycles. The van der Waals surface area contributed by atoms with Crippen LogP contribution in [0.4, 0.5) is 14.5 Å². The zero-order chi connectivity index (χ0) is 17.2. The third-order valence-electron chi connectivity index (χ3n) is 3.67. The predicted octanol–water partition coefficient (Wildman–Crippen LogP) is 2.27. The van der Waals surface area contributed by atoms with Gasteiger partial charge in [0.1, 0.15) is 6.04 Å². The summed E-state index contributed by atoms with van der Waals surface area (Å²) < 4.78 is 34.6. The van der Waals surface area contributed by atoms with Crippen LogP contribution < -0.4 is 20.1 Å². The van der Waals surface area contributed by atoms with Crippen molar-refractivity contribution in [2.24, 2.45) is 0 Å². The van der Waals surface area contributed by atoms with E-state index >= 15 is 0 Å². The molecule has 0 fully saturated rings. The molecule has 0 saturated heterocycles. The molecule has 1 heterocycles. The summed E-state index contributed by atoms with van der Waals surface area (Å²) in [6, 6.07) is 14.1. The maximum atomic E-state index is 13.0. The number of halogens is 2. The van der Waals surface area contributed by atoms with Crippen molar-refractivity contribution in [1.29, 1.82) is 0 Å². The summed E-state index contributed by atoms with van der Waals surface area (Å²) in [6.45, 7) is 2.21. The van der Waals surface area contributed by atoms with Crippen LogP contribution in [-0.2, 0) is 4.79 Å². The van der Waals surface area contributed by atoms with Gasteiger partial charge >= 0.3 is 6.29 Å². The van der Waals surface area contributed by atoms with E-state index in [0.717, 1.165) is 5.56 Å². The van der Waals surface area contributed by atoms with Crippen molar-refractivity contribution in [3.8, 4) is 11.5 Å². The molecule has 2 aromatic carbocycles. The SMILES string of the molecule is C[C@@H]([NH2+]CC(=O)Nc1ccc2c(c1)OC(F)(F)O2)c1ccccc1. The number of anilines is 1. The highest BCUT2D eigenvalue weighted by Crippen LogP contribution is 2.42. The number of carbonyl (C=O) groups excluding carboxylic acids is 1. The lowest BCUT2D eigenvalue weighted by Gasteiger charge is -2.11. The summed E-state index contributed by atoms with van der Waals surface area (Å²) in [7, 11) is 0. The van der Waals surface area contributed by atoms with Crippen molar-refractivity contribution in [3.05, 3.63) is 54.1 Å². The van der Waals surface area contributed by atoms with Gasteiger partial charge in [-0.3, -0.25) is 4.79 Å². The second-order valence-corrected chi connectivity index (χ2v) is 5.52. The Labute approximate surface area is 137 Å². The van der Waals surface area contributed by atoms with E-state index in [9.17, 15) is 13.6 Å². The lowest BCUT2D eigenvalue weighted by atomic mass is 10.1. The van der Waals surface area contributed by atoms with E-state index in [-0.39, 0.29) is 30.0 Å². The molecule has 24 heavy (non-hydrogen) atoms. The molecular weight excluding hydrogens is 318 g/mol. The molecule has 3 rings (SSSR count). The minimum absolute atomic E-state index is 0.0535. The number of alkyl halides is 2. The predicted molar refractivity (Wildman–Crippen MR) is 82.9 cm³/mol. The smallest absolute Gasteiger partial charge is 0.395 e. The molecule has 1 aliphatic heterocycles. The van der Waals surface area contributed by atoms with Gasteiger partial charge in [-0.15, -0.1) is 8.78 Å². The Kier molecular flexibility index (Phi) is 4.35. The van der Waals surface area contributed by atoms with E-state index in [1.54, 1.807) is 0 Å². The minimum Gasteiger partial charge on any atom is -0.395 e. The van der Waals surface area contributed by atoms with Gasteiger partial charge in [0.2, 0.25) is 0 Å². The third kappa shape index (κ3) is 3.80. The van der Waals surface area contributed by atoms with E-state index < -0.39 is 6.29 Å². The zero-order valence-electron chi connectivity index (χ0n) is 13.0. The number of hydrogen-bond donors (Lipinski definition) is 2. The molecule has 2 aromatic rings. The van der Waals surface area contributed by atoms with Crippen LogP contribution in [0.3, 0.4) is 0 Å². The number of nitrogens with one attached hydrogen (secondary N) is 1. The number of fused-ring (bicyclic) bond motifs is 1. The number of ether oxygens (including phenoxy) is 2. The summed E-state index contributed by atoms with van der Waals surface area (Å²) in [5, 5.41) is 4.55. The second-order valence-electron chi connectivity index (χ2n) is 5.52. The van der Waals surface area contributed by atoms with Crippen molar-refractivity contribution < 1.29 is 28.4 Å². The molecule has 0 radical (unpaired) electrons. The molecule has 0 aliphatic carbocycles. The van der Waals surface area contributed by atoms with Crippen LogP contribution in [0.5, 0.6) is 11.5 Å². The summed E-state index contributed by atoms with van der Waals surface area (Å²) >= 11 is 0. The first-order valence-corrected chi connectivity index (χ1v) is 7.51. The molecule has 0 unspecified atom stereocenters. The van der Waals surface area contributed by atoms with Gasteiger partial charge in [0.15, 0.2) is 18.0 Å². The molecule has 3 N–H and O–H groups in total. The van der Waals surface area contributed by atoms with Crippen LogP contribution in [0.1, 0.15) is 18.5 Å². The first-order valence-electron chi connectivity index (χ1n) is 7.51. The fourth-order valence-electron chi connectivity index (χ4n) is 2.42. The first-order chi connectivity index (χ1) is 11.4. The molecule has 0 saturated carbocycles. The first kappa shape index (κ1) is 16.2. The zero-order valence-corrected chi connectivity index (χ0v) is 13.0. The maximum absolute atomic E-state index is 13.0. The van der Waals surface area contributed by atoms with Gasteiger partial charge in [-0.05, 0) is 19.1 Å². The van der Waals surface area contributed by atoms with Crippen molar-refractivity contribution >= 4 is 11.6 Å². The van der Waals surface area contributed by atoms with Crippen molar-refractivity contribution in [2.75, 3.05) is 11.9 Å². The van der Waals surface area contributed by atoms with Crippen molar-refractivity contribution in [1.82, 2.24) is 0 Å². The summed E-state index contributed by atoms with van der Waals surface area (Å²) in [6.07, 6.45) is -3.66. The van der Waals surface area contributed by atoms with Crippen LogP contribution in [0.2, 0.25) is 0 Å². The largest absolute Gasteiger partial charge is 0.586 e. The number of quaternary nitrogens is 1. The monoisotopic (exact) mass is 335 g/mol. The Morgan fingerprint density at radius 2 is 1.88 bits per heavy atom. The van der Waals surface area contributed by atoms with E-state index in [1.807, 2.05) is 42.6 Å². The quantitative estimate of drug-likeness (QED) is 0.881. The number of hydrogen-bond acceptors (Lipinski definition) is 3. The Balaban J connectivity index is 1.55. The van der Waals surface area contributed by atoms with Gasteiger partial charge in [0.25, 0.3) is 5.91 Å². The van der Waals surface area contributed by atoms with Crippen LogP contribution >= 0.6 is 0 Å². The highest BCUT2D eigenvalue weighted by molar-refractivity contribution is 5.91. The maximum Gasteiger partial charge on any atom is 0.586 e. The fourth-order valence-corrected chi connectivity index (χ4v) is 2.42. The summed E-state index contributed by atoms with van der Waals surface area (Å²) in [5.41, 5.74) is 1.50. The molecule has 1 amide bonds. The third-order valence-corrected chi connectivity index (χ3v) is 3.67. The van der Waals surface area contributed by atoms with E-state index in [2.05, 4.69) is 14.8 Å². The molecular formula is C17H17F2N2O3+. The van der Waals surface area contributed by atoms with Crippen molar-refractivity contribution in [2.45, 2.75) is 19.3 Å². The number of carbonyl (C=O) groups is 1. The molecule has 1 aliphatic rings. The van der Waals surface area contributed by atoms with E-state index in [0.29, 0.717) is 5.69 Å². The second kappa shape index (κ2) is 6.45. The number of amides is 1. The van der Waals surface area contributed by atoms with Gasteiger partial charge in [-0.25, -0.2) is 0 Å². The normalized spacial score (nSPS) is 15.8. The fraction of sp³-hybridized carbons (Fsp3) is 0.235. The van der Waals surface area contributed by atoms with Gasteiger partial charge in [0, 0.05) is 17.3 Å². The highest BCUT2D eigenvalue weighted by atomic mass is 19.3. The Hall–Kier alpha value is -2.67. The van der Waals surface area contributed by atoms with Crippen LogP contribution in [0, 0.1) is 0 Å². The lowest BCUT2D eigenvalue weighted by Crippen LogP contribution is -2.86. The number of rotatable bonds is 5. The Morgan fingerprint density at radius 1 is 1.17 bits per heavy atom. The van der Waals surface area contributed by atoms with Gasteiger partial charge in [-0.1, -0.05) is 30.3 Å².